The van der Waals surface area contributed by atoms with Gasteiger partial charge in [-0.3, -0.25) is 5.10 Å². The quantitative estimate of drug-likeness (QED) is 0.418. The predicted octanol–water partition coefficient (Wildman–Crippen LogP) is 5.33. The first-order valence-corrected chi connectivity index (χ1v) is 9.49. The van der Waals surface area contributed by atoms with E-state index in [1.54, 1.807) is 0 Å². The van der Waals surface area contributed by atoms with Crippen molar-refractivity contribution in [2.24, 2.45) is 0 Å². The highest BCUT2D eigenvalue weighted by atomic mass is 16.5. The molecule has 5 nitrogen and oxygen atoms in total. The highest BCUT2D eigenvalue weighted by Crippen LogP contribution is 2.34. The van der Waals surface area contributed by atoms with Crippen LogP contribution in [0.5, 0.6) is 11.5 Å². The van der Waals surface area contributed by atoms with Gasteiger partial charge in [0.25, 0.3) is 0 Å². The van der Waals surface area contributed by atoms with Crippen molar-refractivity contribution in [2.45, 2.75) is 14.0 Å². The van der Waals surface area contributed by atoms with Crippen molar-refractivity contribution in [3.05, 3.63) is 90.5 Å². The zero-order chi connectivity index (χ0) is 19.9. The third-order valence-corrected chi connectivity index (χ3v) is 4.49. The third-order valence-electron chi connectivity index (χ3n) is 4.49. The Bertz CT molecular complexity index is 1050. The maximum absolute atomic E-state index is 9.19. The summed E-state index contributed by atoms with van der Waals surface area (Å²) >= 11 is 0. The molecule has 0 atom stereocenters. The van der Waals surface area contributed by atoms with Gasteiger partial charge in [0, 0.05) is 17.2 Å². The molecule has 154 valence electrons. The van der Waals surface area contributed by atoms with Crippen LogP contribution < -0.4 is 9.47 Å². The van der Waals surface area contributed by atoms with Gasteiger partial charge in [0.2, 0.25) is 0 Å². The molecule has 0 amide bonds. The Hall–Kier alpha value is -3.57. The first kappa shape index (κ1) is 21.1. The minimum atomic E-state index is -0.0627. The van der Waals surface area contributed by atoms with Crippen LogP contribution in [0.4, 0.5) is 0 Å². The SMILES string of the molecule is C.OCCOc1cc(OCc2ccccc2)ccc1-c1cc(-c2ccccc2)n[nH]1. The number of ether oxygens (including phenoxy) is 2. The standard InChI is InChI=1S/C24H22N2O3.CH4/c27-13-14-28-24-15-20(29-17-18-7-3-1-4-8-18)11-12-21(24)23-16-22(25-26-23)19-9-5-2-6-10-19;/h1-12,15-16,27H,13-14,17H2,(H,25,26);1H4. The molecule has 2 N–H and O–H groups in total. The fourth-order valence-electron chi connectivity index (χ4n) is 3.05. The van der Waals surface area contributed by atoms with Crippen LogP contribution in [0.3, 0.4) is 0 Å². The van der Waals surface area contributed by atoms with Crippen molar-refractivity contribution in [3.8, 4) is 34.0 Å². The van der Waals surface area contributed by atoms with E-state index < -0.39 is 0 Å². The number of nitrogens with zero attached hydrogens (tertiary/aromatic N) is 1. The van der Waals surface area contributed by atoms with Crippen LogP contribution in [0.15, 0.2) is 84.9 Å². The minimum absolute atomic E-state index is 0. The van der Waals surface area contributed by atoms with Crippen molar-refractivity contribution < 1.29 is 14.6 Å². The normalized spacial score (nSPS) is 10.3. The van der Waals surface area contributed by atoms with Gasteiger partial charge in [-0.2, -0.15) is 5.10 Å². The maximum atomic E-state index is 9.19. The van der Waals surface area contributed by atoms with Gasteiger partial charge in [-0.15, -0.1) is 0 Å². The smallest absolute Gasteiger partial charge is 0.132 e. The Balaban J connectivity index is 0.00000256. The van der Waals surface area contributed by atoms with Gasteiger partial charge in [0.1, 0.15) is 24.7 Å². The van der Waals surface area contributed by atoms with E-state index in [-0.39, 0.29) is 20.6 Å². The molecule has 4 rings (SSSR count). The summed E-state index contributed by atoms with van der Waals surface area (Å²) in [5, 5.41) is 16.7. The number of aromatic amines is 1. The monoisotopic (exact) mass is 402 g/mol. The first-order valence-electron chi connectivity index (χ1n) is 9.49. The number of rotatable bonds is 8. The summed E-state index contributed by atoms with van der Waals surface area (Å²) in [5.74, 6) is 1.33. The highest BCUT2D eigenvalue weighted by Gasteiger charge is 2.12. The molecule has 1 aromatic heterocycles. The van der Waals surface area contributed by atoms with E-state index in [2.05, 4.69) is 10.2 Å². The van der Waals surface area contributed by atoms with Crippen molar-refractivity contribution in [2.75, 3.05) is 13.2 Å². The van der Waals surface area contributed by atoms with Crippen LogP contribution in [-0.4, -0.2) is 28.5 Å². The Morgan fingerprint density at radius 2 is 1.57 bits per heavy atom. The second-order valence-corrected chi connectivity index (χ2v) is 6.54. The lowest BCUT2D eigenvalue weighted by Gasteiger charge is -2.13. The summed E-state index contributed by atoms with van der Waals surface area (Å²) in [5.41, 5.74) is 4.69. The molecule has 0 spiro atoms. The fraction of sp³-hybridized carbons (Fsp3) is 0.160. The van der Waals surface area contributed by atoms with Crippen LogP contribution in [0.25, 0.3) is 22.5 Å². The Morgan fingerprint density at radius 1 is 0.833 bits per heavy atom. The van der Waals surface area contributed by atoms with Crippen LogP contribution in [0.1, 0.15) is 13.0 Å². The third kappa shape index (κ3) is 5.07. The van der Waals surface area contributed by atoms with Gasteiger partial charge in [0.05, 0.1) is 18.0 Å². The summed E-state index contributed by atoms with van der Waals surface area (Å²) in [6.45, 7) is 0.615. The summed E-state index contributed by atoms with van der Waals surface area (Å²) < 4.78 is 11.7. The molecule has 0 aliphatic rings. The molecule has 0 aliphatic heterocycles. The highest BCUT2D eigenvalue weighted by molar-refractivity contribution is 5.73. The van der Waals surface area contributed by atoms with Crippen LogP contribution in [0.2, 0.25) is 0 Å². The summed E-state index contributed by atoms with van der Waals surface area (Å²) in [6.07, 6.45) is 0. The summed E-state index contributed by atoms with van der Waals surface area (Å²) in [6, 6.07) is 27.7. The molecule has 5 heteroatoms. The molecule has 4 aromatic rings. The van der Waals surface area contributed by atoms with Crippen molar-refractivity contribution in [1.82, 2.24) is 10.2 Å². The number of benzene rings is 3. The number of H-pyrrole nitrogens is 1. The lowest BCUT2D eigenvalue weighted by molar-refractivity contribution is 0.201. The van der Waals surface area contributed by atoms with Gasteiger partial charge in [0.15, 0.2) is 0 Å². The van der Waals surface area contributed by atoms with Crippen molar-refractivity contribution >= 4 is 0 Å². The Labute approximate surface area is 176 Å². The van der Waals surface area contributed by atoms with Gasteiger partial charge >= 0.3 is 0 Å². The average molecular weight is 402 g/mol. The van der Waals surface area contributed by atoms with E-state index in [9.17, 15) is 5.11 Å². The number of aromatic nitrogens is 2. The molecule has 0 saturated heterocycles. The number of nitrogens with one attached hydrogen (secondary N) is 1. The minimum Gasteiger partial charge on any atom is -0.490 e. The molecular formula is C25H26N2O3. The lowest BCUT2D eigenvalue weighted by atomic mass is 10.1. The molecule has 0 radical (unpaired) electrons. The second kappa shape index (κ2) is 10.3. The van der Waals surface area contributed by atoms with Crippen LogP contribution >= 0.6 is 0 Å². The first-order chi connectivity index (χ1) is 14.3. The van der Waals surface area contributed by atoms with Gasteiger partial charge in [-0.25, -0.2) is 0 Å². The number of hydrogen-bond donors (Lipinski definition) is 2. The molecule has 0 saturated carbocycles. The number of aliphatic hydroxyl groups is 1. The van der Waals surface area contributed by atoms with Crippen LogP contribution in [-0.2, 0) is 6.61 Å². The van der Waals surface area contributed by atoms with Gasteiger partial charge in [-0.05, 0) is 23.8 Å². The largest absolute Gasteiger partial charge is 0.490 e. The molecule has 0 unspecified atom stereocenters. The van der Waals surface area contributed by atoms with Crippen LogP contribution in [0, 0.1) is 0 Å². The summed E-state index contributed by atoms with van der Waals surface area (Å²) in [7, 11) is 0. The zero-order valence-electron chi connectivity index (χ0n) is 15.9. The topological polar surface area (TPSA) is 67.4 Å². The lowest BCUT2D eigenvalue weighted by Crippen LogP contribution is -2.03. The van der Waals surface area contributed by atoms with E-state index in [4.69, 9.17) is 9.47 Å². The molecule has 30 heavy (non-hydrogen) atoms. The van der Waals surface area contributed by atoms with Gasteiger partial charge < -0.3 is 14.6 Å². The van der Waals surface area contributed by atoms with E-state index in [1.807, 2.05) is 84.9 Å². The van der Waals surface area contributed by atoms with E-state index in [0.717, 1.165) is 28.1 Å². The number of aliphatic hydroxyl groups excluding tert-OH is 1. The number of hydrogen-bond acceptors (Lipinski definition) is 4. The molecule has 0 fully saturated rings. The van der Waals surface area contributed by atoms with Crippen molar-refractivity contribution in [1.29, 1.82) is 0 Å². The van der Waals surface area contributed by atoms with E-state index in [0.29, 0.717) is 18.1 Å². The predicted molar refractivity (Wildman–Crippen MR) is 120 cm³/mol. The fourth-order valence-corrected chi connectivity index (χ4v) is 3.05. The van der Waals surface area contributed by atoms with E-state index in [1.165, 1.54) is 0 Å². The molecule has 1 heterocycles. The van der Waals surface area contributed by atoms with Crippen molar-refractivity contribution in [3.63, 3.8) is 0 Å². The molecule has 0 aliphatic carbocycles. The Kier molecular flexibility index (Phi) is 7.24. The maximum Gasteiger partial charge on any atom is 0.132 e. The second-order valence-electron chi connectivity index (χ2n) is 6.54. The zero-order valence-corrected chi connectivity index (χ0v) is 15.9. The molecule has 3 aromatic carbocycles. The summed E-state index contributed by atoms with van der Waals surface area (Å²) in [4.78, 5) is 0. The molecule has 0 bridgehead atoms. The van der Waals surface area contributed by atoms with E-state index >= 15 is 0 Å². The van der Waals surface area contributed by atoms with Gasteiger partial charge in [-0.1, -0.05) is 68.1 Å². The molecular weight excluding hydrogens is 376 g/mol. The average Bonchev–Trinajstić information content (AvgIpc) is 3.28. The Morgan fingerprint density at radius 3 is 2.30 bits per heavy atom.